The largest absolute Gasteiger partial charge is 0.395 e. The van der Waals surface area contributed by atoms with Crippen LogP contribution in [0.25, 0.3) is 0 Å². The third-order valence-electron chi connectivity index (χ3n) is 4.14. The Hall–Kier alpha value is -1.13. The summed E-state index contributed by atoms with van der Waals surface area (Å²) in [6.07, 6.45) is 1.89. The average molecular weight is 313 g/mol. The van der Waals surface area contributed by atoms with Crippen molar-refractivity contribution in [3.63, 3.8) is 0 Å². The van der Waals surface area contributed by atoms with E-state index in [1.165, 1.54) is 6.07 Å². The van der Waals surface area contributed by atoms with Gasteiger partial charge in [-0.1, -0.05) is 25.4 Å². The Morgan fingerprint density at radius 3 is 2.76 bits per heavy atom. The molecule has 1 fully saturated rings. The lowest BCUT2D eigenvalue weighted by Crippen LogP contribution is -2.36. The van der Waals surface area contributed by atoms with E-state index in [2.05, 4.69) is 19.2 Å². The van der Waals surface area contributed by atoms with Crippen LogP contribution in [0.4, 0.5) is 10.1 Å². The van der Waals surface area contributed by atoms with Gasteiger partial charge in [-0.25, -0.2) is 4.39 Å². The van der Waals surface area contributed by atoms with Crippen molar-refractivity contribution in [3.8, 4) is 0 Å². The third kappa shape index (κ3) is 3.55. The lowest BCUT2D eigenvalue weighted by molar-refractivity contribution is -0.128. The molecular weight excluding hydrogens is 291 g/mol. The summed E-state index contributed by atoms with van der Waals surface area (Å²) in [6.45, 7) is 5.80. The Balaban J connectivity index is 2.19. The first kappa shape index (κ1) is 16.2. The van der Waals surface area contributed by atoms with E-state index in [0.717, 1.165) is 19.4 Å². The van der Waals surface area contributed by atoms with E-state index >= 15 is 0 Å². The topological polar surface area (TPSA) is 55.1 Å². The van der Waals surface area contributed by atoms with E-state index in [4.69, 9.17) is 17.3 Å². The Morgan fingerprint density at radius 2 is 2.24 bits per heavy atom. The highest BCUT2D eigenvalue weighted by Crippen LogP contribution is 2.35. The highest BCUT2D eigenvalue weighted by molar-refractivity contribution is 6.33. The minimum absolute atomic E-state index is 0.0627. The van der Waals surface area contributed by atoms with Crippen molar-refractivity contribution in [2.24, 2.45) is 11.3 Å². The molecule has 1 aliphatic heterocycles. The molecule has 0 amide bonds. The predicted octanol–water partition coefficient (Wildman–Crippen LogP) is 3.20. The van der Waals surface area contributed by atoms with Crippen LogP contribution in [0.5, 0.6) is 0 Å². The molecule has 0 aromatic heterocycles. The SMILES string of the molecule is CC(C)C[C@]1(C(=O)Cc2cc(F)c(N)c(Cl)c2)CCNC1. The van der Waals surface area contributed by atoms with Crippen LogP contribution in [0.2, 0.25) is 5.02 Å². The van der Waals surface area contributed by atoms with Crippen LogP contribution in [0.3, 0.4) is 0 Å². The zero-order valence-electron chi connectivity index (χ0n) is 12.5. The second-order valence-corrected chi connectivity index (χ2v) is 6.79. The highest BCUT2D eigenvalue weighted by Gasteiger charge is 2.40. The van der Waals surface area contributed by atoms with Crippen LogP contribution in [-0.4, -0.2) is 18.9 Å². The molecule has 0 bridgehead atoms. The van der Waals surface area contributed by atoms with E-state index in [9.17, 15) is 9.18 Å². The van der Waals surface area contributed by atoms with Gasteiger partial charge in [0, 0.05) is 18.4 Å². The number of hydrogen-bond donors (Lipinski definition) is 2. The van der Waals surface area contributed by atoms with E-state index < -0.39 is 5.82 Å². The zero-order chi connectivity index (χ0) is 15.6. The van der Waals surface area contributed by atoms with Crippen molar-refractivity contribution in [1.29, 1.82) is 0 Å². The number of anilines is 1. The lowest BCUT2D eigenvalue weighted by atomic mass is 9.74. The van der Waals surface area contributed by atoms with Gasteiger partial charge in [0.2, 0.25) is 0 Å². The summed E-state index contributed by atoms with van der Waals surface area (Å²) in [6, 6.07) is 2.90. The van der Waals surface area contributed by atoms with Crippen LogP contribution in [-0.2, 0) is 11.2 Å². The van der Waals surface area contributed by atoms with Gasteiger partial charge in [0.1, 0.15) is 11.6 Å². The lowest BCUT2D eigenvalue weighted by Gasteiger charge is -2.28. The van der Waals surface area contributed by atoms with Gasteiger partial charge in [0.05, 0.1) is 10.7 Å². The molecule has 21 heavy (non-hydrogen) atoms. The highest BCUT2D eigenvalue weighted by atomic mass is 35.5. The Labute approximate surface area is 130 Å². The second kappa shape index (κ2) is 6.32. The monoisotopic (exact) mass is 312 g/mol. The number of nitrogens with two attached hydrogens (primary N) is 1. The molecule has 1 saturated heterocycles. The summed E-state index contributed by atoms with van der Waals surface area (Å²) in [5.74, 6) is 0.0368. The molecule has 1 aliphatic rings. The van der Waals surface area contributed by atoms with Crippen molar-refractivity contribution in [1.82, 2.24) is 5.32 Å². The molecule has 1 aromatic carbocycles. The fraction of sp³-hybridized carbons (Fsp3) is 0.562. The molecule has 1 atom stereocenters. The molecule has 0 saturated carbocycles. The fourth-order valence-electron chi connectivity index (χ4n) is 3.16. The number of benzene rings is 1. The summed E-state index contributed by atoms with van der Waals surface area (Å²) in [5.41, 5.74) is 5.69. The van der Waals surface area contributed by atoms with Crippen LogP contribution < -0.4 is 11.1 Å². The molecule has 0 radical (unpaired) electrons. The molecule has 1 heterocycles. The average Bonchev–Trinajstić information content (AvgIpc) is 2.84. The summed E-state index contributed by atoms with van der Waals surface area (Å²) in [7, 11) is 0. The maximum atomic E-state index is 13.6. The minimum atomic E-state index is -0.562. The Bertz CT molecular complexity index is 516. The van der Waals surface area contributed by atoms with Crippen molar-refractivity contribution in [3.05, 3.63) is 28.5 Å². The number of hydrogen-bond acceptors (Lipinski definition) is 3. The standard InChI is InChI=1S/C16H22ClFN2O/c1-10(2)8-16(3-4-20-9-16)14(21)7-11-5-12(17)15(19)13(18)6-11/h5-6,10,20H,3-4,7-9,19H2,1-2H3/t16-/m1/s1. The molecule has 3 nitrogen and oxygen atoms in total. The van der Waals surface area contributed by atoms with Crippen molar-refractivity contribution < 1.29 is 9.18 Å². The maximum Gasteiger partial charge on any atom is 0.147 e. The minimum Gasteiger partial charge on any atom is -0.395 e. The third-order valence-corrected chi connectivity index (χ3v) is 4.45. The molecule has 0 unspecified atom stereocenters. The molecule has 5 heteroatoms. The van der Waals surface area contributed by atoms with Crippen LogP contribution >= 0.6 is 11.6 Å². The Kier molecular flexibility index (Phi) is 4.89. The first-order valence-corrected chi connectivity index (χ1v) is 7.69. The Morgan fingerprint density at radius 1 is 1.52 bits per heavy atom. The summed E-state index contributed by atoms with van der Waals surface area (Å²) in [4.78, 5) is 12.7. The number of carbonyl (C=O) groups excluding carboxylic acids is 1. The van der Waals surface area contributed by atoms with E-state index in [1.807, 2.05) is 0 Å². The van der Waals surface area contributed by atoms with Gasteiger partial charge in [-0.15, -0.1) is 0 Å². The van der Waals surface area contributed by atoms with Gasteiger partial charge in [0.25, 0.3) is 0 Å². The predicted molar refractivity (Wildman–Crippen MR) is 83.9 cm³/mol. The van der Waals surface area contributed by atoms with E-state index in [0.29, 0.717) is 18.0 Å². The van der Waals surface area contributed by atoms with Gasteiger partial charge < -0.3 is 11.1 Å². The number of Topliss-reactive ketones (excluding diaryl/α,β-unsaturated/α-hetero) is 1. The molecule has 0 spiro atoms. The van der Waals surface area contributed by atoms with Crippen LogP contribution in [0, 0.1) is 17.2 Å². The van der Waals surface area contributed by atoms with E-state index in [-0.39, 0.29) is 28.3 Å². The van der Waals surface area contributed by atoms with Crippen LogP contribution in [0.1, 0.15) is 32.3 Å². The van der Waals surface area contributed by atoms with Gasteiger partial charge in [-0.3, -0.25) is 4.79 Å². The summed E-state index contributed by atoms with van der Waals surface area (Å²) in [5, 5.41) is 3.44. The van der Waals surface area contributed by atoms with E-state index in [1.54, 1.807) is 6.07 Å². The maximum absolute atomic E-state index is 13.6. The number of ketones is 1. The summed E-state index contributed by atoms with van der Waals surface area (Å²) < 4.78 is 13.6. The first-order valence-electron chi connectivity index (χ1n) is 7.31. The van der Waals surface area contributed by atoms with Gasteiger partial charge in [-0.05, 0) is 43.0 Å². The first-order chi connectivity index (χ1) is 9.84. The second-order valence-electron chi connectivity index (χ2n) is 6.38. The molecule has 0 aliphatic carbocycles. The normalized spacial score (nSPS) is 22.0. The molecule has 3 N–H and O–H groups in total. The molecule has 2 rings (SSSR count). The van der Waals surface area contributed by atoms with Crippen molar-refractivity contribution >= 4 is 23.1 Å². The molecule has 116 valence electrons. The van der Waals surface area contributed by atoms with Crippen LogP contribution in [0.15, 0.2) is 12.1 Å². The van der Waals surface area contributed by atoms with Gasteiger partial charge >= 0.3 is 0 Å². The summed E-state index contributed by atoms with van der Waals surface area (Å²) >= 11 is 5.89. The zero-order valence-corrected chi connectivity index (χ0v) is 13.3. The molecule has 1 aromatic rings. The molecular formula is C16H22ClFN2O. The van der Waals surface area contributed by atoms with Gasteiger partial charge in [-0.2, -0.15) is 0 Å². The quantitative estimate of drug-likeness (QED) is 0.821. The fourth-order valence-corrected chi connectivity index (χ4v) is 3.39. The number of halogens is 2. The number of rotatable bonds is 5. The van der Waals surface area contributed by atoms with Crippen molar-refractivity contribution in [2.45, 2.75) is 33.1 Å². The van der Waals surface area contributed by atoms with Crippen molar-refractivity contribution in [2.75, 3.05) is 18.8 Å². The number of nitrogen functional groups attached to an aromatic ring is 1. The number of nitrogens with one attached hydrogen (secondary N) is 1. The number of carbonyl (C=O) groups is 1. The smallest absolute Gasteiger partial charge is 0.147 e. The van der Waals surface area contributed by atoms with Gasteiger partial charge in [0.15, 0.2) is 0 Å².